The average molecular weight is 821 g/mol. The molecule has 0 atom stereocenters. The first-order valence-electron chi connectivity index (χ1n) is 21.4. The number of ether oxygens (including phenoxy) is 1. The number of aromatic nitrogens is 2. The van der Waals surface area contributed by atoms with Crippen LogP contribution in [0.4, 0.5) is 0 Å². The SMILES string of the molecule is N=COC(=N)c1cccc2c(-c3ccccc3-c3cc(-c4ccc(-c5ccc6c(c5)C(c5ccccc5)(c5ccccc5)c5ccccc5-6)cc4)nc(-c4ccccc4)n3)cccc12. The van der Waals surface area contributed by atoms with E-state index in [1.807, 2.05) is 66.7 Å². The van der Waals surface area contributed by atoms with E-state index in [1.54, 1.807) is 0 Å². The monoisotopic (exact) mass is 820 g/mol. The highest BCUT2D eigenvalue weighted by molar-refractivity contribution is 6.11. The molecule has 0 saturated carbocycles. The quantitative estimate of drug-likeness (QED) is 0.112. The lowest BCUT2D eigenvalue weighted by molar-refractivity contribution is 0.562. The van der Waals surface area contributed by atoms with Crippen LogP contribution in [0.1, 0.15) is 27.8 Å². The minimum Gasteiger partial charge on any atom is -0.428 e. The van der Waals surface area contributed by atoms with E-state index in [0.717, 1.165) is 67.5 Å². The van der Waals surface area contributed by atoms with Crippen molar-refractivity contribution in [3.8, 4) is 67.3 Å². The summed E-state index contributed by atoms with van der Waals surface area (Å²) >= 11 is 0. The standard InChI is InChI=1S/C59H40N4O/c60-38-64-57(61)52-28-15-26-46-45(25-14-27-48(46)52)47-22-10-11-24-51(47)56-37-55(62-58(63-56)41-16-4-1-5-17-41)40-32-30-39(31-33-40)42-34-35-50-49-23-12-13-29-53(49)59(54(50)36-42,43-18-6-2-7-19-43)44-20-8-3-9-21-44/h1-38,60-61H. The minimum absolute atomic E-state index is 0.0702. The van der Waals surface area contributed by atoms with Gasteiger partial charge in [0.15, 0.2) is 12.2 Å². The van der Waals surface area contributed by atoms with Crippen LogP contribution in [0.3, 0.4) is 0 Å². The Kier molecular flexibility index (Phi) is 9.63. The summed E-state index contributed by atoms with van der Waals surface area (Å²) in [6.45, 7) is 0. The molecule has 64 heavy (non-hydrogen) atoms. The highest BCUT2D eigenvalue weighted by Crippen LogP contribution is 2.56. The molecule has 0 radical (unpaired) electrons. The molecule has 5 nitrogen and oxygen atoms in total. The van der Waals surface area contributed by atoms with Gasteiger partial charge in [-0.2, -0.15) is 0 Å². The first kappa shape index (κ1) is 38.4. The van der Waals surface area contributed by atoms with Gasteiger partial charge in [-0.3, -0.25) is 10.8 Å². The van der Waals surface area contributed by atoms with Gasteiger partial charge in [0, 0.05) is 22.3 Å². The van der Waals surface area contributed by atoms with Crippen LogP contribution in [-0.4, -0.2) is 22.3 Å². The van der Waals surface area contributed by atoms with E-state index >= 15 is 0 Å². The largest absolute Gasteiger partial charge is 0.428 e. The van der Waals surface area contributed by atoms with Gasteiger partial charge in [-0.05, 0) is 84.6 Å². The Hall–Kier alpha value is -8.54. The van der Waals surface area contributed by atoms with Gasteiger partial charge < -0.3 is 4.74 Å². The van der Waals surface area contributed by atoms with E-state index < -0.39 is 5.41 Å². The third-order valence-corrected chi connectivity index (χ3v) is 12.6. The molecule has 0 spiro atoms. The summed E-state index contributed by atoms with van der Waals surface area (Å²) in [5.74, 6) is 0.569. The average Bonchev–Trinajstić information content (AvgIpc) is 3.67. The molecule has 0 unspecified atom stereocenters. The van der Waals surface area contributed by atoms with Crippen LogP contribution < -0.4 is 0 Å². The number of fused-ring (bicyclic) bond motifs is 4. The third kappa shape index (κ3) is 6.41. The minimum atomic E-state index is -0.474. The van der Waals surface area contributed by atoms with Crippen LogP contribution in [0.5, 0.6) is 0 Å². The van der Waals surface area contributed by atoms with Gasteiger partial charge in [-0.25, -0.2) is 9.97 Å². The van der Waals surface area contributed by atoms with Crippen LogP contribution in [0.2, 0.25) is 0 Å². The smallest absolute Gasteiger partial charge is 0.221 e. The zero-order chi connectivity index (χ0) is 43.0. The van der Waals surface area contributed by atoms with Crippen molar-refractivity contribution in [2.24, 2.45) is 0 Å². The maximum Gasteiger partial charge on any atom is 0.221 e. The Balaban J connectivity index is 1.03. The number of hydrogen-bond donors (Lipinski definition) is 2. The van der Waals surface area contributed by atoms with E-state index in [4.69, 9.17) is 25.5 Å². The van der Waals surface area contributed by atoms with Crippen LogP contribution >= 0.6 is 0 Å². The second kappa shape index (κ2) is 16.1. The molecule has 0 bridgehead atoms. The molecule has 2 N–H and O–H groups in total. The van der Waals surface area contributed by atoms with Gasteiger partial charge in [-0.1, -0.05) is 206 Å². The molecule has 11 rings (SSSR count). The third-order valence-electron chi connectivity index (χ3n) is 12.6. The van der Waals surface area contributed by atoms with Crippen molar-refractivity contribution in [1.82, 2.24) is 9.97 Å². The fourth-order valence-electron chi connectivity index (χ4n) is 9.71. The summed E-state index contributed by atoms with van der Waals surface area (Å²) in [6.07, 6.45) is 0.791. The molecule has 10 aromatic rings. The molecule has 0 saturated heterocycles. The summed E-state index contributed by atoms with van der Waals surface area (Å²) in [6, 6.07) is 78.9. The maximum absolute atomic E-state index is 8.48. The second-order valence-electron chi connectivity index (χ2n) is 16.0. The second-order valence-corrected chi connectivity index (χ2v) is 16.0. The van der Waals surface area contributed by atoms with Gasteiger partial charge in [-0.15, -0.1) is 0 Å². The van der Waals surface area contributed by atoms with E-state index in [2.05, 4.69) is 158 Å². The Labute approximate surface area is 372 Å². The maximum atomic E-state index is 8.48. The summed E-state index contributed by atoms with van der Waals surface area (Å²) in [4.78, 5) is 10.4. The van der Waals surface area contributed by atoms with Crippen molar-refractivity contribution >= 4 is 23.1 Å². The van der Waals surface area contributed by atoms with Crippen molar-refractivity contribution in [2.75, 3.05) is 0 Å². The zero-order valence-corrected chi connectivity index (χ0v) is 34.7. The van der Waals surface area contributed by atoms with E-state index in [0.29, 0.717) is 11.4 Å². The molecular formula is C59H40N4O. The predicted molar refractivity (Wildman–Crippen MR) is 261 cm³/mol. The van der Waals surface area contributed by atoms with Crippen molar-refractivity contribution < 1.29 is 4.74 Å². The Morgan fingerprint density at radius 3 is 1.67 bits per heavy atom. The topological polar surface area (TPSA) is 82.7 Å². The van der Waals surface area contributed by atoms with Crippen molar-refractivity contribution in [1.29, 1.82) is 10.8 Å². The normalized spacial score (nSPS) is 12.3. The van der Waals surface area contributed by atoms with Gasteiger partial charge >= 0.3 is 0 Å². The highest BCUT2D eigenvalue weighted by Gasteiger charge is 2.46. The Morgan fingerprint density at radius 2 is 0.953 bits per heavy atom. The fourth-order valence-corrected chi connectivity index (χ4v) is 9.71. The summed E-state index contributed by atoms with van der Waals surface area (Å²) < 4.78 is 5.20. The number of nitrogens with one attached hydrogen (secondary N) is 2. The molecule has 1 aromatic heterocycles. The van der Waals surface area contributed by atoms with Crippen LogP contribution in [0.15, 0.2) is 224 Å². The predicted octanol–water partition coefficient (Wildman–Crippen LogP) is 14.3. The van der Waals surface area contributed by atoms with E-state index in [-0.39, 0.29) is 5.90 Å². The first-order valence-corrected chi connectivity index (χ1v) is 21.4. The van der Waals surface area contributed by atoms with Crippen molar-refractivity contribution in [3.05, 3.63) is 252 Å². The lowest BCUT2D eigenvalue weighted by atomic mass is 9.67. The molecule has 1 aliphatic rings. The summed E-state index contributed by atoms with van der Waals surface area (Å²) in [7, 11) is 0. The van der Waals surface area contributed by atoms with E-state index in [9.17, 15) is 0 Å². The van der Waals surface area contributed by atoms with Crippen LogP contribution in [0.25, 0.3) is 78.1 Å². The molecule has 1 heterocycles. The van der Waals surface area contributed by atoms with Gasteiger partial charge in [0.25, 0.3) is 0 Å². The molecule has 0 fully saturated rings. The lowest BCUT2D eigenvalue weighted by Crippen LogP contribution is -2.28. The van der Waals surface area contributed by atoms with Gasteiger partial charge in [0.2, 0.25) is 5.90 Å². The Morgan fingerprint density at radius 1 is 0.406 bits per heavy atom. The number of nitrogens with zero attached hydrogens (tertiary/aromatic N) is 2. The fraction of sp³-hybridized carbons (Fsp3) is 0.0169. The zero-order valence-electron chi connectivity index (χ0n) is 34.7. The molecule has 1 aliphatic carbocycles. The van der Waals surface area contributed by atoms with Crippen LogP contribution in [0, 0.1) is 10.8 Å². The van der Waals surface area contributed by atoms with Crippen molar-refractivity contribution in [2.45, 2.75) is 5.41 Å². The number of benzene rings is 9. The summed E-state index contributed by atoms with van der Waals surface area (Å²) in [5.41, 5.74) is 16.5. The molecule has 5 heteroatoms. The van der Waals surface area contributed by atoms with Crippen molar-refractivity contribution in [3.63, 3.8) is 0 Å². The van der Waals surface area contributed by atoms with Gasteiger partial charge in [0.05, 0.1) is 16.8 Å². The number of hydrogen-bond acceptors (Lipinski definition) is 5. The number of rotatable bonds is 9. The molecule has 0 amide bonds. The molecule has 9 aromatic carbocycles. The molecule has 302 valence electrons. The Bertz CT molecular complexity index is 3340. The molecular weight excluding hydrogens is 781 g/mol. The molecule has 0 aliphatic heterocycles. The summed E-state index contributed by atoms with van der Waals surface area (Å²) in [5, 5.41) is 17.7. The van der Waals surface area contributed by atoms with Crippen LogP contribution in [-0.2, 0) is 10.2 Å². The van der Waals surface area contributed by atoms with Gasteiger partial charge in [0.1, 0.15) is 0 Å². The highest BCUT2D eigenvalue weighted by atomic mass is 16.5. The first-order chi connectivity index (χ1) is 31.6. The van der Waals surface area contributed by atoms with E-state index in [1.165, 1.54) is 33.4 Å². The lowest BCUT2D eigenvalue weighted by Gasteiger charge is -2.34.